The van der Waals surface area contributed by atoms with Gasteiger partial charge in [-0.3, -0.25) is 4.98 Å². The molecule has 184 valence electrons. The molecule has 1 aromatic heterocycles. The third-order valence-corrected chi connectivity index (χ3v) is 11.7. The van der Waals surface area contributed by atoms with Crippen molar-refractivity contribution in [3.8, 4) is 0 Å². The minimum Gasteiger partial charge on any atom is -0.314 e. The number of aromatic nitrogens is 1. The number of aryl methyl sites for hydroxylation is 1. The molecular weight excluding hydrogens is 400 g/mol. The van der Waals surface area contributed by atoms with E-state index in [1.807, 2.05) is 12.3 Å². The topological polar surface area (TPSA) is 24.9 Å². The van der Waals surface area contributed by atoms with Gasteiger partial charge in [0.2, 0.25) is 0 Å². The Hall–Kier alpha value is -0.890. The molecule has 4 aliphatic rings. The highest BCUT2D eigenvalue weighted by Crippen LogP contribution is 2.67. The number of nitrogens with one attached hydrogen (secondary N) is 1. The van der Waals surface area contributed by atoms with Crippen LogP contribution in [-0.2, 0) is 6.42 Å². The smallest absolute Gasteiger partial charge is 0.0403 e. The van der Waals surface area contributed by atoms with Crippen molar-refractivity contribution >= 4 is 0 Å². The predicted octanol–water partition coefficient (Wildman–Crippen LogP) is 7.82. The van der Waals surface area contributed by atoms with Gasteiger partial charge in [0.05, 0.1) is 0 Å². The summed E-state index contributed by atoms with van der Waals surface area (Å²) in [7, 11) is 0. The quantitative estimate of drug-likeness (QED) is 0.408. The van der Waals surface area contributed by atoms with E-state index in [4.69, 9.17) is 0 Å². The minimum atomic E-state index is 0.639. The molecule has 8 atom stereocenters. The van der Waals surface area contributed by atoms with Crippen LogP contribution in [0.5, 0.6) is 0 Å². The second kappa shape index (κ2) is 10.00. The van der Waals surface area contributed by atoms with E-state index in [2.05, 4.69) is 43.2 Å². The van der Waals surface area contributed by atoms with Crippen molar-refractivity contribution in [2.75, 3.05) is 6.54 Å². The number of unbranched alkanes of at least 4 members (excludes halogenated alkanes) is 3. The molecule has 1 aromatic rings. The van der Waals surface area contributed by atoms with Crippen molar-refractivity contribution < 1.29 is 0 Å². The average Bonchev–Trinajstić information content (AvgIpc) is 3.13. The Morgan fingerprint density at radius 3 is 2.55 bits per heavy atom. The maximum absolute atomic E-state index is 4.45. The largest absolute Gasteiger partial charge is 0.314 e. The molecule has 4 aliphatic carbocycles. The molecule has 0 spiro atoms. The first-order valence-corrected chi connectivity index (χ1v) is 14.6. The van der Waals surface area contributed by atoms with Gasteiger partial charge < -0.3 is 5.32 Å². The Balaban J connectivity index is 1.05. The summed E-state index contributed by atoms with van der Waals surface area (Å²) in [5, 5.41) is 3.99. The molecule has 4 saturated carbocycles. The SMILES string of the molecule is C[C@H]1CC[C@H]2[C@@H]3CCC4C[C@H](NCCCCCCc5ccccn5)CC[C@]4(C)[C@H]3CC[C@]12C. The fourth-order valence-corrected chi connectivity index (χ4v) is 9.34. The predicted molar refractivity (Wildman–Crippen MR) is 139 cm³/mol. The van der Waals surface area contributed by atoms with Gasteiger partial charge in [-0.25, -0.2) is 0 Å². The van der Waals surface area contributed by atoms with Crippen molar-refractivity contribution in [1.29, 1.82) is 0 Å². The summed E-state index contributed by atoms with van der Waals surface area (Å²) < 4.78 is 0. The molecule has 0 bridgehead atoms. The summed E-state index contributed by atoms with van der Waals surface area (Å²) in [6, 6.07) is 7.06. The Morgan fingerprint density at radius 2 is 1.70 bits per heavy atom. The van der Waals surface area contributed by atoms with Crippen LogP contribution < -0.4 is 5.32 Å². The van der Waals surface area contributed by atoms with Gasteiger partial charge in [-0.2, -0.15) is 0 Å². The summed E-state index contributed by atoms with van der Waals surface area (Å²) in [5.74, 6) is 5.05. The zero-order chi connectivity index (χ0) is 22.9. The van der Waals surface area contributed by atoms with E-state index < -0.39 is 0 Å². The van der Waals surface area contributed by atoms with Gasteiger partial charge in [0.15, 0.2) is 0 Å². The zero-order valence-corrected chi connectivity index (χ0v) is 21.8. The second-order valence-electron chi connectivity index (χ2n) is 13.1. The molecule has 0 amide bonds. The van der Waals surface area contributed by atoms with Crippen molar-refractivity contribution in [1.82, 2.24) is 10.3 Å². The van der Waals surface area contributed by atoms with Gasteiger partial charge in [0.1, 0.15) is 0 Å². The normalized spacial score (nSPS) is 42.4. The van der Waals surface area contributed by atoms with Crippen LogP contribution in [0.25, 0.3) is 0 Å². The summed E-state index contributed by atoms with van der Waals surface area (Å²) in [6.45, 7) is 9.18. The highest BCUT2D eigenvalue weighted by Gasteiger charge is 2.59. The molecule has 0 aliphatic heterocycles. The maximum Gasteiger partial charge on any atom is 0.0403 e. The Morgan fingerprint density at radius 1 is 0.879 bits per heavy atom. The lowest BCUT2D eigenvalue weighted by Crippen LogP contribution is -2.55. The van der Waals surface area contributed by atoms with Crippen molar-refractivity contribution in [2.24, 2.45) is 40.4 Å². The van der Waals surface area contributed by atoms with Gasteiger partial charge >= 0.3 is 0 Å². The maximum atomic E-state index is 4.45. The molecule has 1 N–H and O–H groups in total. The van der Waals surface area contributed by atoms with Gasteiger partial charge in [-0.1, -0.05) is 39.7 Å². The van der Waals surface area contributed by atoms with Crippen molar-refractivity contribution in [2.45, 2.75) is 117 Å². The van der Waals surface area contributed by atoms with Gasteiger partial charge in [0.25, 0.3) is 0 Å². The van der Waals surface area contributed by atoms with Crippen LogP contribution >= 0.6 is 0 Å². The van der Waals surface area contributed by atoms with E-state index >= 15 is 0 Å². The summed E-state index contributed by atoms with van der Waals surface area (Å²) in [5.41, 5.74) is 2.56. The molecule has 2 nitrogen and oxygen atoms in total. The van der Waals surface area contributed by atoms with Crippen LogP contribution in [0.1, 0.15) is 110 Å². The van der Waals surface area contributed by atoms with Crippen LogP contribution in [0.3, 0.4) is 0 Å². The van der Waals surface area contributed by atoms with Crippen LogP contribution in [0.15, 0.2) is 24.4 Å². The number of hydrogen-bond donors (Lipinski definition) is 1. The number of fused-ring (bicyclic) bond motifs is 5. The first-order valence-electron chi connectivity index (χ1n) is 14.6. The third-order valence-electron chi connectivity index (χ3n) is 11.7. The van der Waals surface area contributed by atoms with E-state index in [-0.39, 0.29) is 0 Å². The van der Waals surface area contributed by atoms with E-state index in [1.54, 1.807) is 6.42 Å². The first kappa shape index (κ1) is 23.8. The van der Waals surface area contributed by atoms with Gasteiger partial charge in [-0.05, 0) is 136 Å². The molecular formula is C31H50N2. The van der Waals surface area contributed by atoms with E-state index in [0.29, 0.717) is 10.8 Å². The highest BCUT2D eigenvalue weighted by molar-refractivity contribution is 5.09. The number of hydrogen-bond acceptors (Lipinski definition) is 2. The lowest BCUT2D eigenvalue weighted by molar-refractivity contribution is -0.113. The Bertz CT molecular complexity index is 761. The molecule has 4 fully saturated rings. The molecule has 5 rings (SSSR count). The number of rotatable bonds is 8. The summed E-state index contributed by atoms with van der Waals surface area (Å²) >= 11 is 0. The van der Waals surface area contributed by atoms with Crippen LogP contribution in [-0.4, -0.2) is 17.6 Å². The minimum absolute atomic E-state index is 0.639. The molecule has 0 aromatic carbocycles. The number of pyridine rings is 1. The fraction of sp³-hybridized carbons (Fsp3) is 0.839. The van der Waals surface area contributed by atoms with Crippen molar-refractivity contribution in [3.63, 3.8) is 0 Å². The number of nitrogens with zero attached hydrogens (tertiary/aromatic N) is 1. The second-order valence-corrected chi connectivity index (χ2v) is 13.1. The van der Waals surface area contributed by atoms with E-state index in [1.165, 1.54) is 89.3 Å². The molecule has 0 saturated heterocycles. The Labute approximate surface area is 204 Å². The fourth-order valence-electron chi connectivity index (χ4n) is 9.34. The lowest BCUT2D eigenvalue weighted by atomic mass is 9.44. The van der Waals surface area contributed by atoms with E-state index in [0.717, 1.165) is 42.1 Å². The highest BCUT2D eigenvalue weighted by atomic mass is 14.9. The van der Waals surface area contributed by atoms with Gasteiger partial charge in [0, 0.05) is 17.9 Å². The third kappa shape index (κ3) is 4.67. The monoisotopic (exact) mass is 450 g/mol. The molecule has 1 unspecified atom stereocenters. The molecule has 2 heteroatoms. The molecule has 33 heavy (non-hydrogen) atoms. The summed E-state index contributed by atoms with van der Waals surface area (Å²) in [4.78, 5) is 4.45. The molecule has 0 radical (unpaired) electrons. The van der Waals surface area contributed by atoms with Crippen LogP contribution in [0, 0.1) is 40.4 Å². The van der Waals surface area contributed by atoms with Crippen molar-refractivity contribution in [3.05, 3.63) is 30.1 Å². The first-order chi connectivity index (χ1) is 16.0. The lowest BCUT2D eigenvalue weighted by Gasteiger charge is -2.61. The molecule has 1 heterocycles. The summed E-state index contributed by atoms with van der Waals surface area (Å²) in [6.07, 6.45) is 21.9. The van der Waals surface area contributed by atoms with Crippen LogP contribution in [0.2, 0.25) is 0 Å². The van der Waals surface area contributed by atoms with Crippen LogP contribution in [0.4, 0.5) is 0 Å². The van der Waals surface area contributed by atoms with Gasteiger partial charge in [-0.15, -0.1) is 0 Å². The van der Waals surface area contributed by atoms with E-state index in [9.17, 15) is 0 Å². The average molecular weight is 451 g/mol. The standard InChI is InChI=1S/C31H50N2/c1-23-12-15-28-27-14-13-24-22-26(16-18-31(24,3)29(27)17-19-30(23,28)2)33-20-8-5-4-6-10-25-11-7-9-21-32-25/h7,9,11,21,23-24,26-29,33H,4-6,8,10,12-20,22H2,1-3H3/t23-,24?,26+,27-,28-,29-,30+,31-/m0/s1. The Kier molecular flexibility index (Phi) is 7.22. The zero-order valence-electron chi connectivity index (χ0n) is 21.8.